The number of hydrogen-bond acceptors (Lipinski definition) is 1. The van der Waals surface area contributed by atoms with E-state index in [1.54, 1.807) is 0 Å². The van der Waals surface area contributed by atoms with Crippen molar-refractivity contribution in [2.75, 3.05) is 0 Å². The van der Waals surface area contributed by atoms with Gasteiger partial charge in [-0.05, 0) is 0 Å². The Balaban J connectivity index is 2.50. The maximum absolute atomic E-state index is 11.1. The second-order valence-electron chi connectivity index (χ2n) is 3.66. The van der Waals surface area contributed by atoms with Crippen molar-refractivity contribution in [1.82, 2.24) is 0 Å². The van der Waals surface area contributed by atoms with Gasteiger partial charge in [0.1, 0.15) is 0 Å². The quantitative estimate of drug-likeness (QED) is 0.756. The maximum atomic E-state index is 11.1. The average Bonchev–Trinajstić information content (AvgIpc) is 2.71. The SMILES string of the molecule is CC1=CCC(C2=[C]([Fe])CC=C2)=C1C(=O)O. The molecule has 0 unspecified atom stereocenters. The molecule has 0 atom stereocenters. The van der Waals surface area contributed by atoms with E-state index < -0.39 is 5.97 Å². The molecule has 0 saturated heterocycles. The fourth-order valence-electron chi connectivity index (χ4n) is 1.98. The fraction of sp³-hybridized carbons (Fsp3) is 0.250. The molecule has 0 radical (unpaired) electrons. The molecule has 0 amide bonds. The minimum absolute atomic E-state index is 0.456. The van der Waals surface area contributed by atoms with Crippen LogP contribution in [0.2, 0.25) is 0 Å². The Hall–Kier alpha value is -1.05. The molecule has 2 aliphatic carbocycles. The molecule has 2 nitrogen and oxygen atoms in total. The van der Waals surface area contributed by atoms with Crippen LogP contribution in [0.4, 0.5) is 0 Å². The molecule has 0 heterocycles. The Morgan fingerprint density at radius 1 is 1.47 bits per heavy atom. The van der Waals surface area contributed by atoms with Crippen LogP contribution in [0.15, 0.2) is 45.0 Å². The van der Waals surface area contributed by atoms with Crippen molar-refractivity contribution in [3.63, 3.8) is 0 Å². The van der Waals surface area contributed by atoms with E-state index in [4.69, 9.17) is 5.11 Å². The summed E-state index contributed by atoms with van der Waals surface area (Å²) >= 11 is 3.95. The first kappa shape index (κ1) is 10.5. The van der Waals surface area contributed by atoms with Crippen LogP contribution in [0.1, 0.15) is 19.8 Å². The number of carboxylic acids is 1. The van der Waals surface area contributed by atoms with Gasteiger partial charge < -0.3 is 0 Å². The van der Waals surface area contributed by atoms with Crippen LogP contribution in [-0.2, 0) is 20.8 Å². The van der Waals surface area contributed by atoms with Gasteiger partial charge in [0.25, 0.3) is 0 Å². The van der Waals surface area contributed by atoms with Crippen LogP contribution in [0.5, 0.6) is 0 Å². The van der Waals surface area contributed by atoms with Gasteiger partial charge in [0.15, 0.2) is 0 Å². The summed E-state index contributed by atoms with van der Waals surface area (Å²) in [6.07, 6.45) is 7.52. The molecular formula is C12H11FeO2. The number of carbonyl (C=O) groups is 1. The van der Waals surface area contributed by atoms with Crippen molar-refractivity contribution in [3.8, 4) is 0 Å². The molecule has 2 aliphatic rings. The Kier molecular flexibility index (Phi) is 2.68. The second-order valence-corrected chi connectivity index (χ2v) is 4.33. The molecule has 79 valence electrons. The van der Waals surface area contributed by atoms with Gasteiger partial charge in [-0.3, -0.25) is 0 Å². The average molecular weight is 243 g/mol. The molecule has 0 fully saturated rings. The van der Waals surface area contributed by atoms with Crippen LogP contribution in [0, 0.1) is 0 Å². The third-order valence-electron chi connectivity index (χ3n) is 2.71. The number of allylic oxidation sites excluding steroid dienone is 6. The standard InChI is InChI=1S/C12H11O2.Fe/c1-8-6-7-10(11(8)12(13)14)9-4-2-3-5-9;/h2,4,6H,3,7H2,1H3,(H,13,14);. The molecule has 3 heteroatoms. The minimum atomic E-state index is -0.836. The van der Waals surface area contributed by atoms with Gasteiger partial charge in [-0.1, -0.05) is 0 Å². The molecule has 0 aromatic rings. The number of aliphatic carboxylic acids is 1. The van der Waals surface area contributed by atoms with Crippen molar-refractivity contribution in [3.05, 3.63) is 45.0 Å². The number of hydrogen-bond donors (Lipinski definition) is 1. The van der Waals surface area contributed by atoms with Crippen LogP contribution < -0.4 is 0 Å². The van der Waals surface area contributed by atoms with E-state index in [1.165, 1.54) is 0 Å². The first-order valence-corrected chi connectivity index (χ1v) is 5.34. The molecular weight excluding hydrogens is 232 g/mol. The number of rotatable bonds is 2. The van der Waals surface area contributed by atoms with Gasteiger partial charge >= 0.3 is 96.6 Å². The zero-order valence-corrected chi connectivity index (χ0v) is 9.46. The van der Waals surface area contributed by atoms with Crippen molar-refractivity contribution < 1.29 is 25.9 Å². The summed E-state index contributed by atoms with van der Waals surface area (Å²) in [6.45, 7) is 1.85. The second kappa shape index (κ2) is 3.84. The monoisotopic (exact) mass is 243 g/mol. The summed E-state index contributed by atoms with van der Waals surface area (Å²) in [7, 11) is 0. The molecule has 0 aromatic heterocycles. The molecule has 1 N–H and O–H groups in total. The van der Waals surface area contributed by atoms with Gasteiger partial charge in [-0.15, -0.1) is 0 Å². The van der Waals surface area contributed by atoms with E-state index >= 15 is 0 Å². The molecule has 0 aliphatic heterocycles. The van der Waals surface area contributed by atoms with Crippen molar-refractivity contribution >= 4 is 5.97 Å². The first-order valence-electron chi connectivity index (χ1n) is 4.79. The van der Waals surface area contributed by atoms with Crippen LogP contribution >= 0.6 is 0 Å². The normalized spacial score (nSPS) is 20.3. The van der Waals surface area contributed by atoms with E-state index in [2.05, 4.69) is 16.0 Å². The van der Waals surface area contributed by atoms with E-state index in [0.29, 0.717) is 12.0 Å². The van der Waals surface area contributed by atoms with Crippen molar-refractivity contribution in [1.29, 1.82) is 0 Å². The van der Waals surface area contributed by atoms with Crippen LogP contribution in [0.25, 0.3) is 0 Å². The third-order valence-corrected chi connectivity index (χ3v) is 3.23. The summed E-state index contributed by atoms with van der Waals surface area (Å²) in [5.74, 6) is -0.836. The molecule has 0 aromatic carbocycles. The van der Waals surface area contributed by atoms with Crippen molar-refractivity contribution in [2.45, 2.75) is 19.8 Å². The van der Waals surface area contributed by atoms with Crippen LogP contribution in [0.3, 0.4) is 0 Å². The zero-order valence-electron chi connectivity index (χ0n) is 8.36. The summed E-state index contributed by atoms with van der Waals surface area (Å²) in [4.78, 5) is 11.1. The zero-order chi connectivity index (χ0) is 11.0. The first-order chi connectivity index (χ1) is 7.11. The molecule has 2 rings (SSSR count). The van der Waals surface area contributed by atoms with Gasteiger partial charge in [-0.2, -0.15) is 0 Å². The summed E-state index contributed by atoms with van der Waals surface area (Å²) in [5, 5.41) is 9.13. The van der Waals surface area contributed by atoms with E-state index in [9.17, 15) is 4.79 Å². The molecule has 0 bridgehead atoms. The van der Waals surface area contributed by atoms with E-state index in [-0.39, 0.29) is 0 Å². The Morgan fingerprint density at radius 3 is 2.73 bits per heavy atom. The fourth-order valence-corrected chi connectivity index (χ4v) is 2.36. The number of carboxylic acid groups (broad SMARTS) is 1. The van der Waals surface area contributed by atoms with Gasteiger partial charge in [0.2, 0.25) is 0 Å². The molecule has 0 saturated carbocycles. The summed E-state index contributed by atoms with van der Waals surface area (Å²) in [5.41, 5.74) is 3.25. The topological polar surface area (TPSA) is 37.3 Å². The van der Waals surface area contributed by atoms with E-state index in [0.717, 1.165) is 27.6 Å². The van der Waals surface area contributed by atoms with Gasteiger partial charge in [0, 0.05) is 0 Å². The molecule has 15 heavy (non-hydrogen) atoms. The summed E-state index contributed by atoms with van der Waals surface area (Å²) in [6, 6.07) is 0. The summed E-state index contributed by atoms with van der Waals surface area (Å²) < 4.78 is 1.02. The van der Waals surface area contributed by atoms with Gasteiger partial charge in [-0.25, -0.2) is 0 Å². The predicted octanol–water partition coefficient (Wildman–Crippen LogP) is 2.48. The Bertz CT molecular complexity index is 450. The van der Waals surface area contributed by atoms with Crippen molar-refractivity contribution in [2.24, 2.45) is 0 Å². The predicted molar refractivity (Wildman–Crippen MR) is 53.8 cm³/mol. The van der Waals surface area contributed by atoms with Crippen LogP contribution in [-0.4, -0.2) is 11.1 Å². The molecule has 0 spiro atoms. The van der Waals surface area contributed by atoms with E-state index in [1.807, 2.05) is 25.2 Å². The Labute approximate surface area is 96.9 Å². The van der Waals surface area contributed by atoms with Gasteiger partial charge in [0.05, 0.1) is 0 Å². The Morgan fingerprint density at radius 2 is 2.20 bits per heavy atom. The third kappa shape index (κ3) is 1.73.